The van der Waals surface area contributed by atoms with E-state index in [-0.39, 0.29) is 0 Å². The summed E-state index contributed by atoms with van der Waals surface area (Å²) in [5.41, 5.74) is 8.07. The Balaban J connectivity index is 2.84. The van der Waals surface area contributed by atoms with Gasteiger partial charge in [-0.05, 0) is 18.8 Å². The van der Waals surface area contributed by atoms with Gasteiger partial charge in [-0.2, -0.15) is 5.10 Å². The smallest absolute Gasteiger partial charge is 0.148 e. The van der Waals surface area contributed by atoms with Gasteiger partial charge >= 0.3 is 0 Å². The molecule has 3 nitrogen and oxygen atoms in total. The molecule has 0 bridgehead atoms. The van der Waals surface area contributed by atoms with Crippen molar-refractivity contribution in [2.24, 2.45) is 5.92 Å². The fourth-order valence-corrected chi connectivity index (χ4v) is 1.39. The monoisotopic (exact) mass is 167 g/mol. The summed E-state index contributed by atoms with van der Waals surface area (Å²) < 4.78 is 0. The second-order valence-electron chi connectivity index (χ2n) is 3.52. The van der Waals surface area contributed by atoms with Crippen molar-refractivity contribution in [2.45, 2.75) is 33.6 Å². The summed E-state index contributed by atoms with van der Waals surface area (Å²) in [6.07, 6.45) is 2.00. The van der Waals surface area contributed by atoms with Crippen LogP contribution in [-0.2, 0) is 12.8 Å². The van der Waals surface area contributed by atoms with E-state index in [1.807, 2.05) is 0 Å². The number of hydrogen-bond donors (Lipinski definition) is 2. The van der Waals surface area contributed by atoms with Gasteiger partial charge in [0.15, 0.2) is 0 Å². The number of nitrogens with zero attached hydrogens (tertiary/aromatic N) is 1. The van der Waals surface area contributed by atoms with Crippen molar-refractivity contribution in [3.8, 4) is 0 Å². The van der Waals surface area contributed by atoms with Crippen LogP contribution in [0.3, 0.4) is 0 Å². The highest BCUT2D eigenvalue weighted by Gasteiger charge is 2.09. The van der Waals surface area contributed by atoms with E-state index in [1.165, 1.54) is 11.3 Å². The van der Waals surface area contributed by atoms with Crippen LogP contribution in [0.1, 0.15) is 32.0 Å². The zero-order valence-electron chi connectivity index (χ0n) is 8.02. The number of hydrogen-bond acceptors (Lipinski definition) is 2. The minimum atomic E-state index is 0.648. The summed E-state index contributed by atoms with van der Waals surface area (Å²) in [6, 6.07) is 0. The van der Waals surface area contributed by atoms with Crippen LogP contribution in [0.5, 0.6) is 0 Å². The number of nitrogens with two attached hydrogens (primary N) is 1. The third-order valence-electron chi connectivity index (χ3n) is 1.95. The molecule has 3 N–H and O–H groups in total. The van der Waals surface area contributed by atoms with Gasteiger partial charge in [-0.15, -0.1) is 0 Å². The first-order valence-electron chi connectivity index (χ1n) is 4.46. The van der Waals surface area contributed by atoms with Crippen LogP contribution in [0.25, 0.3) is 0 Å². The molecule has 0 spiro atoms. The molecule has 0 atom stereocenters. The number of aromatic amines is 1. The van der Waals surface area contributed by atoms with E-state index in [0.29, 0.717) is 11.7 Å². The Morgan fingerprint density at radius 1 is 1.50 bits per heavy atom. The quantitative estimate of drug-likeness (QED) is 0.720. The Kier molecular flexibility index (Phi) is 2.74. The van der Waals surface area contributed by atoms with Gasteiger partial charge in [0.2, 0.25) is 0 Å². The van der Waals surface area contributed by atoms with E-state index < -0.39 is 0 Å². The zero-order chi connectivity index (χ0) is 9.14. The first-order chi connectivity index (χ1) is 5.65. The van der Waals surface area contributed by atoms with Gasteiger partial charge in [-0.1, -0.05) is 20.8 Å². The van der Waals surface area contributed by atoms with Crippen LogP contribution in [0, 0.1) is 5.92 Å². The number of aromatic nitrogens is 2. The fourth-order valence-electron chi connectivity index (χ4n) is 1.39. The molecule has 0 unspecified atom stereocenters. The number of rotatable bonds is 3. The molecule has 0 aliphatic heterocycles. The Bertz CT molecular complexity index is 250. The molecule has 0 radical (unpaired) electrons. The first kappa shape index (κ1) is 9.10. The summed E-state index contributed by atoms with van der Waals surface area (Å²) in [4.78, 5) is 0. The van der Waals surface area contributed by atoms with Crippen molar-refractivity contribution in [2.75, 3.05) is 5.73 Å². The van der Waals surface area contributed by atoms with Gasteiger partial charge in [0.25, 0.3) is 0 Å². The predicted molar refractivity (Wildman–Crippen MR) is 50.9 cm³/mol. The van der Waals surface area contributed by atoms with Crippen molar-refractivity contribution in [1.82, 2.24) is 10.2 Å². The van der Waals surface area contributed by atoms with E-state index in [4.69, 9.17) is 5.73 Å². The van der Waals surface area contributed by atoms with E-state index in [1.54, 1.807) is 0 Å². The zero-order valence-corrected chi connectivity index (χ0v) is 8.02. The van der Waals surface area contributed by atoms with Gasteiger partial charge in [0, 0.05) is 11.3 Å². The molecular weight excluding hydrogens is 150 g/mol. The van der Waals surface area contributed by atoms with Gasteiger partial charge in [-0.3, -0.25) is 5.10 Å². The molecule has 0 aliphatic rings. The van der Waals surface area contributed by atoms with Crippen LogP contribution >= 0.6 is 0 Å². The Labute approximate surface area is 73.4 Å². The summed E-state index contributed by atoms with van der Waals surface area (Å²) in [7, 11) is 0. The molecular formula is C9H17N3. The molecule has 0 fully saturated rings. The third-order valence-corrected chi connectivity index (χ3v) is 1.95. The minimum Gasteiger partial charge on any atom is -0.382 e. The molecule has 3 heteroatoms. The number of anilines is 1. The Hall–Kier alpha value is -0.990. The molecule has 1 heterocycles. The molecule has 12 heavy (non-hydrogen) atoms. The summed E-state index contributed by atoms with van der Waals surface area (Å²) in [6.45, 7) is 6.48. The van der Waals surface area contributed by atoms with Gasteiger partial charge in [0.05, 0.1) is 0 Å². The highest BCUT2D eigenvalue weighted by molar-refractivity contribution is 5.41. The molecule has 0 saturated carbocycles. The standard InChI is InChI=1S/C9H17N3/c1-4-7-8(5-6(2)3)11-12-9(7)10/h6H,4-5H2,1-3H3,(H3,10,11,12). The van der Waals surface area contributed by atoms with E-state index in [2.05, 4.69) is 31.0 Å². The molecule has 0 amide bonds. The molecule has 0 saturated heterocycles. The van der Waals surface area contributed by atoms with Gasteiger partial charge in [-0.25, -0.2) is 0 Å². The third kappa shape index (κ3) is 1.78. The number of nitrogen functional groups attached to an aromatic ring is 1. The number of H-pyrrole nitrogens is 1. The lowest BCUT2D eigenvalue weighted by atomic mass is 10.0. The second kappa shape index (κ2) is 3.61. The first-order valence-corrected chi connectivity index (χ1v) is 4.46. The molecule has 0 aliphatic carbocycles. The van der Waals surface area contributed by atoms with Crippen molar-refractivity contribution in [3.63, 3.8) is 0 Å². The van der Waals surface area contributed by atoms with Gasteiger partial charge < -0.3 is 5.73 Å². The Morgan fingerprint density at radius 3 is 2.67 bits per heavy atom. The summed E-state index contributed by atoms with van der Waals surface area (Å²) >= 11 is 0. The maximum atomic E-state index is 5.69. The van der Waals surface area contributed by atoms with E-state index >= 15 is 0 Å². The van der Waals surface area contributed by atoms with Crippen molar-refractivity contribution < 1.29 is 0 Å². The molecule has 0 aromatic carbocycles. The van der Waals surface area contributed by atoms with Crippen LogP contribution in [0.15, 0.2) is 0 Å². The lowest BCUT2D eigenvalue weighted by Gasteiger charge is -2.03. The van der Waals surface area contributed by atoms with Crippen LogP contribution in [0.4, 0.5) is 5.82 Å². The molecule has 1 aromatic rings. The van der Waals surface area contributed by atoms with E-state index in [0.717, 1.165) is 12.8 Å². The topological polar surface area (TPSA) is 54.7 Å². The highest BCUT2D eigenvalue weighted by Crippen LogP contribution is 2.16. The maximum absolute atomic E-state index is 5.69. The van der Waals surface area contributed by atoms with Crippen molar-refractivity contribution >= 4 is 5.82 Å². The van der Waals surface area contributed by atoms with Crippen LogP contribution in [-0.4, -0.2) is 10.2 Å². The molecule has 68 valence electrons. The lowest BCUT2D eigenvalue weighted by Crippen LogP contribution is -1.98. The SMILES string of the molecule is CCc1c(N)n[nH]c1CC(C)C. The predicted octanol–water partition coefficient (Wildman–Crippen LogP) is 1.75. The number of nitrogens with one attached hydrogen (secondary N) is 1. The second-order valence-corrected chi connectivity index (χ2v) is 3.52. The van der Waals surface area contributed by atoms with Crippen molar-refractivity contribution in [3.05, 3.63) is 11.3 Å². The minimum absolute atomic E-state index is 0.648. The van der Waals surface area contributed by atoms with Crippen LogP contribution < -0.4 is 5.73 Å². The summed E-state index contributed by atoms with van der Waals surface area (Å²) in [5, 5.41) is 6.97. The average Bonchev–Trinajstić information content (AvgIpc) is 2.30. The fraction of sp³-hybridized carbons (Fsp3) is 0.667. The largest absolute Gasteiger partial charge is 0.382 e. The summed E-state index contributed by atoms with van der Waals surface area (Å²) in [5.74, 6) is 1.31. The highest BCUT2D eigenvalue weighted by atomic mass is 15.2. The van der Waals surface area contributed by atoms with Gasteiger partial charge in [0.1, 0.15) is 5.82 Å². The average molecular weight is 167 g/mol. The normalized spacial score (nSPS) is 11.0. The maximum Gasteiger partial charge on any atom is 0.148 e. The molecule has 1 rings (SSSR count). The van der Waals surface area contributed by atoms with Crippen molar-refractivity contribution in [1.29, 1.82) is 0 Å². The van der Waals surface area contributed by atoms with E-state index in [9.17, 15) is 0 Å². The molecule has 1 aromatic heterocycles. The lowest BCUT2D eigenvalue weighted by molar-refractivity contribution is 0.630. The Morgan fingerprint density at radius 2 is 2.17 bits per heavy atom. The van der Waals surface area contributed by atoms with Crippen LogP contribution in [0.2, 0.25) is 0 Å².